The van der Waals surface area contributed by atoms with Crippen LogP contribution in [0.15, 0.2) is 24.3 Å². The lowest BCUT2D eigenvalue weighted by Gasteiger charge is -2.15. The number of amides is 4. The van der Waals surface area contributed by atoms with Crippen molar-refractivity contribution in [3.05, 3.63) is 35.4 Å². The molecule has 0 atom stereocenters. The molecule has 1 aliphatic heterocycles. The first-order chi connectivity index (χ1) is 12.0. The topological polar surface area (TPSA) is 95.6 Å². The maximum absolute atomic E-state index is 12.2. The van der Waals surface area contributed by atoms with Crippen molar-refractivity contribution in [1.29, 1.82) is 0 Å². The molecule has 0 aromatic heterocycles. The first-order valence-corrected chi connectivity index (χ1v) is 8.49. The number of imide groups is 1. The molecule has 0 radical (unpaired) electrons. The van der Waals surface area contributed by atoms with Gasteiger partial charge in [0, 0.05) is 19.0 Å². The highest BCUT2D eigenvalue weighted by Crippen LogP contribution is 2.21. The Bertz CT molecular complexity index is 648. The quantitative estimate of drug-likeness (QED) is 0.542. The van der Waals surface area contributed by atoms with Gasteiger partial charge in [0.05, 0.1) is 11.1 Å². The highest BCUT2D eigenvalue weighted by atomic mass is 16.2. The Morgan fingerprint density at radius 1 is 0.960 bits per heavy atom. The molecular weight excluding hydrogens is 322 g/mol. The first-order valence-electron chi connectivity index (χ1n) is 8.49. The monoisotopic (exact) mass is 345 g/mol. The molecule has 7 nitrogen and oxygen atoms in total. The molecule has 1 aromatic carbocycles. The summed E-state index contributed by atoms with van der Waals surface area (Å²) in [5.41, 5.74) is 0.635. The van der Waals surface area contributed by atoms with E-state index in [2.05, 4.69) is 10.6 Å². The van der Waals surface area contributed by atoms with Crippen LogP contribution in [-0.2, 0) is 9.59 Å². The fraction of sp³-hybridized carbons (Fsp3) is 0.444. The molecule has 25 heavy (non-hydrogen) atoms. The van der Waals surface area contributed by atoms with Crippen LogP contribution < -0.4 is 10.6 Å². The Morgan fingerprint density at radius 3 is 2.00 bits per heavy atom. The first kappa shape index (κ1) is 18.6. The fourth-order valence-corrected chi connectivity index (χ4v) is 2.77. The minimum absolute atomic E-state index is 0.0194. The summed E-state index contributed by atoms with van der Waals surface area (Å²) in [4.78, 5) is 49.1. The normalized spacial score (nSPS) is 13.2. The van der Waals surface area contributed by atoms with Crippen LogP contribution >= 0.6 is 0 Å². The molecule has 0 spiro atoms. The second-order valence-corrected chi connectivity index (χ2v) is 5.90. The zero-order valence-electron chi connectivity index (χ0n) is 14.5. The molecule has 0 unspecified atom stereocenters. The van der Waals surface area contributed by atoms with Gasteiger partial charge >= 0.3 is 0 Å². The summed E-state index contributed by atoms with van der Waals surface area (Å²) < 4.78 is 0. The van der Waals surface area contributed by atoms with Crippen LogP contribution in [0.4, 0.5) is 0 Å². The van der Waals surface area contributed by atoms with E-state index in [4.69, 9.17) is 0 Å². The zero-order valence-corrected chi connectivity index (χ0v) is 14.5. The third-order valence-corrected chi connectivity index (χ3v) is 4.28. The number of hydrogen-bond donors (Lipinski definition) is 2. The van der Waals surface area contributed by atoms with Crippen molar-refractivity contribution < 1.29 is 19.2 Å². The Kier molecular flexibility index (Phi) is 6.27. The van der Waals surface area contributed by atoms with Gasteiger partial charge in [-0.3, -0.25) is 24.1 Å². The van der Waals surface area contributed by atoms with Gasteiger partial charge in [0.15, 0.2) is 0 Å². The van der Waals surface area contributed by atoms with Crippen LogP contribution in [0.5, 0.6) is 0 Å². The molecule has 0 aliphatic carbocycles. The summed E-state index contributed by atoms with van der Waals surface area (Å²) in [7, 11) is 0. The van der Waals surface area contributed by atoms with Crippen LogP contribution in [0, 0.1) is 5.92 Å². The Hall–Kier alpha value is -2.70. The number of benzene rings is 1. The highest BCUT2D eigenvalue weighted by Gasteiger charge is 2.36. The molecule has 1 aliphatic rings. The Labute approximate surface area is 146 Å². The molecule has 2 rings (SSSR count). The molecule has 1 aromatic rings. The third kappa shape index (κ3) is 4.23. The minimum Gasteiger partial charge on any atom is -0.354 e. The summed E-state index contributed by atoms with van der Waals surface area (Å²) in [6.07, 6.45) is 1.54. The van der Waals surface area contributed by atoms with Gasteiger partial charge in [-0.15, -0.1) is 0 Å². The molecule has 1 heterocycles. The number of rotatable bonds is 8. The predicted octanol–water partition coefficient (Wildman–Crippen LogP) is 0.951. The Balaban J connectivity index is 1.77. The molecule has 2 N–H and O–H groups in total. The van der Waals surface area contributed by atoms with Crippen molar-refractivity contribution in [3.63, 3.8) is 0 Å². The highest BCUT2D eigenvalue weighted by molar-refractivity contribution is 6.22. The molecule has 0 bridgehead atoms. The van der Waals surface area contributed by atoms with Gasteiger partial charge in [0.1, 0.15) is 6.54 Å². The van der Waals surface area contributed by atoms with Crippen molar-refractivity contribution in [2.45, 2.75) is 26.7 Å². The molecule has 134 valence electrons. The SMILES string of the molecule is CCC(CC)C(=O)NCCNC(=O)CN1C(=O)c2ccccc2C1=O. The zero-order chi connectivity index (χ0) is 18.4. The maximum atomic E-state index is 12.2. The van der Waals surface area contributed by atoms with Gasteiger partial charge in [-0.2, -0.15) is 0 Å². The summed E-state index contributed by atoms with van der Waals surface area (Å²) in [6, 6.07) is 6.49. The van der Waals surface area contributed by atoms with E-state index in [1.807, 2.05) is 13.8 Å². The molecular formula is C18H23N3O4. The predicted molar refractivity (Wildman–Crippen MR) is 91.9 cm³/mol. The van der Waals surface area contributed by atoms with Gasteiger partial charge in [-0.25, -0.2) is 0 Å². The smallest absolute Gasteiger partial charge is 0.262 e. The molecule has 4 amide bonds. The van der Waals surface area contributed by atoms with E-state index >= 15 is 0 Å². The van der Waals surface area contributed by atoms with Crippen LogP contribution in [0.3, 0.4) is 0 Å². The summed E-state index contributed by atoms with van der Waals surface area (Å²) in [5, 5.41) is 5.37. The van der Waals surface area contributed by atoms with Crippen LogP contribution in [0.25, 0.3) is 0 Å². The van der Waals surface area contributed by atoms with Gasteiger partial charge in [0.2, 0.25) is 11.8 Å². The van der Waals surface area contributed by atoms with E-state index in [1.54, 1.807) is 24.3 Å². The Morgan fingerprint density at radius 2 is 1.48 bits per heavy atom. The fourth-order valence-electron chi connectivity index (χ4n) is 2.77. The molecule has 0 fully saturated rings. The second kappa shape index (κ2) is 8.41. The summed E-state index contributed by atoms with van der Waals surface area (Å²) in [6.45, 7) is 4.14. The van der Waals surface area contributed by atoms with Crippen LogP contribution in [0.1, 0.15) is 47.4 Å². The van der Waals surface area contributed by atoms with Crippen molar-refractivity contribution in [2.24, 2.45) is 5.92 Å². The van der Waals surface area contributed by atoms with E-state index < -0.39 is 17.7 Å². The number of hydrogen-bond acceptors (Lipinski definition) is 4. The number of carbonyl (C=O) groups excluding carboxylic acids is 4. The largest absolute Gasteiger partial charge is 0.354 e. The van der Waals surface area contributed by atoms with E-state index in [0.717, 1.165) is 17.7 Å². The average Bonchev–Trinajstić information content (AvgIpc) is 2.85. The van der Waals surface area contributed by atoms with Gasteiger partial charge in [-0.05, 0) is 25.0 Å². The summed E-state index contributed by atoms with van der Waals surface area (Å²) in [5.74, 6) is -1.41. The van der Waals surface area contributed by atoms with Crippen molar-refractivity contribution in [3.8, 4) is 0 Å². The van der Waals surface area contributed by atoms with Crippen LogP contribution in [0.2, 0.25) is 0 Å². The van der Waals surface area contributed by atoms with E-state index in [0.29, 0.717) is 17.7 Å². The van der Waals surface area contributed by atoms with E-state index in [9.17, 15) is 19.2 Å². The van der Waals surface area contributed by atoms with Crippen molar-refractivity contribution >= 4 is 23.6 Å². The molecule has 0 saturated carbocycles. The number of fused-ring (bicyclic) bond motifs is 1. The van der Waals surface area contributed by atoms with E-state index in [1.165, 1.54) is 0 Å². The van der Waals surface area contributed by atoms with E-state index in [-0.39, 0.29) is 24.9 Å². The third-order valence-electron chi connectivity index (χ3n) is 4.28. The number of nitrogens with zero attached hydrogens (tertiary/aromatic N) is 1. The lowest BCUT2D eigenvalue weighted by molar-refractivity contribution is -0.125. The second-order valence-electron chi connectivity index (χ2n) is 5.90. The van der Waals surface area contributed by atoms with Gasteiger partial charge in [-0.1, -0.05) is 26.0 Å². The summed E-state index contributed by atoms with van der Waals surface area (Å²) >= 11 is 0. The average molecular weight is 345 g/mol. The van der Waals surface area contributed by atoms with Crippen molar-refractivity contribution in [2.75, 3.05) is 19.6 Å². The lowest BCUT2D eigenvalue weighted by atomic mass is 10.0. The lowest BCUT2D eigenvalue weighted by Crippen LogP contribution is -2.43. The molecule has 7 heteroatoms. The maximum Gasteiger partial charge on any atom is 0.262 e. The number of carbonyl (C=O) groups is 4. The van der Waals surface area contributed by atoms with Gasteiger partial charge in [0.25, 0.3) is 11.8 Å². The van der Waals surface area contributed by atoms with Gasteiger partial charge < -0.3 is 10.6 Å². The minimum atomic E-state index is -0.460. The molecule has 0 saturated heterocycles. The standard InChI is InChI=1S/C18H23N3O4/c1-3-12(4-2)16(23)20-10-9-19-15(22)11-21-17(24)13-7-5-6-8-14(13)18(21)25/h5-8,12H,3-4,9-11H2,1-2H3,(H,19,22)(H,20,23). The number of nitrogens with one attached hydrogen (secondary N) is 2. The van der Waals surface area contributed by atoms with Crippen molar-refractivity contribution in [1.82, 2.24) is 15.5 Å². The van der Waals surface area contributed by atoms with Crippen LogP contribution in [-0.4, -0.2) is 48.2 Å².